The summed E-state index contributed by atoms with van der Waals surface area (Å²) in [4.78, 5) is 12.0. The van der Waals surface area contributed by atoms with Gasteiger partial charge in [0.25, 0.3) is 0 Å². The maximum atomic E-state index is 13.7. The van der Waals surface area contributed by atoms with Crippen molar-refractivity contribution in [3.63, 3.8) is 0 Å². The first-order valence-corrected chi connectivity index (χ1v) is 6.25. The van der Waals surface area contributed by atoms with Gasteiger partial charge in [-0.05, 0) is 30.7 Å². The molecule has 2 aromatic rings. The Balaban J connectivity index is 2.61. The topological polar surface area (TPSA) is 17.1 Å². The normalized spacial score (nSPS) is 10.7. The van der Waals surface area contributed by atoms with Crippen molar-refractivity contribution in [3.8, 4) is 0 Å². The van der Waals surface area contributed by atoms with Crippen molar-refractivity contribution in [1.29, 1.82) is 0 Å². The molecule has 2 aromatic carbocycles. The lowest BCUT2D eigenvalue weighted by Gasteiger charge is -2.07. The molecule has 0 spiro atoms. The Hall–Kier alpha value is -1.69. The van der Waals surface area contributed by atoms with Gasteiger partial charge >= 0.3 is 0 Å². The van der Waals surface area contributed by atoms with Gasteiger partial charge < -0.3 is 0 Å². The number of hydrogen-bond donors (Lipinski definition) is 0. The summed E-state index contributed by atoms with van der Waals surface area (Å²) in [5, 5.41) is 0. The van der Waals surface area contributed by atoms with E-state index in [2.05, 4.69) is 15.9 Å². The summed E-state index contributed by atoms with van der Waals surface area (Å²) in [5.74, 6) is -5.42. The van der Waals surface area contributed by atoms with Crippen LogP contribution in [0.1, 0.15) is 21.5 Å². The molecule has 20 heavy (non-hydrogen) atoms. The number of ketones is 1. The van der Waals surface area contributed by atoms with Gasteiger partial charge in [0, 0.05) is 10.5 Å². The van der Waals surface area contributed by atoms with Crippen LogP contribution < -0.4 is 0 Å². The fourth-order valence-electron chi connectivity index (χ4n) is 1.73. The number of carbonyl (C=O) groups excluding carboxylic acids is 1. The highest BCUT2D eigenvalue weighted by Gasteiger charge is 2.23. The van der Waals surface area contributed by atoms with Crippen LogP contribution >= 0.6 is 15.9 Å². The lowest BCUT2D eigenvalue weighted by Crippen LogP contribution is -2.10. The van der Waals surface area contributed by atoms with E-state index in [1.54, 1.807) is 0 Å². The van der Waals surface area contributed by atoms with E-state index in [9.17, 15) is 22.4 Å². The molecule has 0 aromatic heterocycles. The second kappa shape index (κ2) is 5.36. The van der Waals surface area contributed by atoms with Crippen molar-refractivity contribution in [2.24, 2.45) is 0 Å². The summed E-state index contributed by atoms with van der Waals surface area (Å²) in [6.07, 6.45) is 0. The molecule has 104 valence electrons. The van der Waals surface area contributed by atoms with Gasteiger partial charge in [0.1, 0.15) is 23.3 Å². The third-order valence-corrected chi connectivity index (χ3v) is 3.18. The van der Waals surface area contributed by atoms with Crippen LogP contribution in [0.2, 0.25) is 0 Å². The number of hydrogen-bond acceptors (Lipinski definition) is 1. The fourth-order valence-corrected chi connectivity index (χ4v) is 2.13. The van der Waals surface area contributed by atoms with Gasteiger partial charge in [0.2, 0.25) is 5.78 Å². The average molecular weight is 347 g/mol. The second-order valence-electron chi connectivity index (χ2n) is 4.15. The molecule has 0 heterocycles. The Bertz CT molecular complexity index is 690. The van der Waals surface area contributed by atoms with Crippen molar-refractivity contribution in [2.75, 3.05) is 0 Å². The third kappa shape index (κ3) is 2.60. The Morgan fingerprint density at radius 3 is 2.00 bits per heavy atom. The summed E-state index contributed by atoms with van der Waals surface area (Å²) >= 11 is 2.87. The molecule has 6 heteroatoms. The molecule has 2 rings (SSSR count). The number of aryl methyl sites for hydroxylation is 1. The molecule has 0 unspecified atom stereocenters. The number of halogens is 5. The minimum Gasteiger partial charge on any atom is -0.288 e. The highest BCUT2D eigenvalue weighted by atomic mass is 79.9. The van der Waals surface area contributed by atoms with Crippen molar-refractivity contribution in [3.05, 3.63) is 68.7 Å². The lowest BCUT2D eigenvalue weighted by molar-refractivity contribution is 0.102. The smallest absolute Gasteiger partial charge is 0.201 e. The second-order valence-corrected chi connectivity index (χ2v) is 5.07. The zero-order valence-corrected chi connectivity index (χ0v) is 11.7. The minimum absolute atomic E-state index is 0.00711. The van der Waals surface area contributed by atoms with E-state index in [1.165, 1.54) is 6.92 Å². The molecule has 0 saturated carbocycles. The van der Waals surface area contributed by atoms with Gasteiger partial charge in [-0.25, -0.2) is 17.6 Å². The highest BCUT2D eigenvalue weighted by Crippen LogP contribution is 2.24. The van der Waals surface area contributed by atoms with Crippen LogP contribution in [0.3, 0.4) is 0 Å². The van der Waals surface area contributed by atoms with Crippen LogP contribution in [0, 0.1) is 30.2 Å². The van der Waals surface area contributed by atoms with Crippen LogP contribution in [0.25, 0.3) is 0 Å². The third-order valence-electron chi connectivity index (χ3n) is 2.73. The monoisotopic (exact) mass is 346 g/mol. The fraction of sp³-hybridized carbons (Fsp3) is 0.0714. The van der Waals surface area contributed by atoms with Gasteiger partial charge in [-0.1, -0.05) is 15.9 Å². The van der Waals surface area contributed by atoms with E-state index >= 15 is 0 Å². The first-order valence-electron chi connectivity index (χ1n) is 5.46. The first kappa shape index (κ1) is 14.7. The van der Waals surface area contributed by atoms with E-state index in [0.29, 0.717) is 6.07 Å². The molecular weight excluding hydrogens is 340 g/mol. The van der Waals surface area contributed by atoms with Gasteiger partial charge in [-0.15, -0.1) is 0 Å². The molecule has 0 amide bonds. The maximum absolute atomic E-state index is 13.7. The molecule has 0 saturated heterocycles. The molecule has 0 radical (unpaired) electrons. The Morgan fingerprint density at radius 1 is 0.900 bits per heavy atom. The Morgan fingerprint density at radius 2 is 1.45 bits per heavy atom. The maximum Gasteiger partial charge on any atom is 0.201 e. The van der Waals surface area contributed by atoms with Crippen molar-refractivity contribution in [2.45, 2.75) is 6.92 Å². The Kier molecular flexibility index (Phi) is 3.94. The largest absolute Gasteiger partial charge is 0.288 e. The van der Waals surface area contributed by atoms with Gasteiger partial charge in [-0.3, -0.25) is 4.79 Å². The number of carbonyl (C=O) groups is 1. The van der Waals surface area contributed by atoms with Gasteiger partial charge in [0.05, 0.1) is 11.1 Å². The SMILES string of the molecule is Cc1cc(C(=O)c2c(F)cc(Br)cc2F)c(F)cc1F. The summed E-state index contributed by atoms with van der Waals surface area (Å²) < 4.78 is 54.2. The summed E-state index contributed by atoms with van der Waals surface area (Å²) in [7, 11) is 0. The zero-order valence-electron chi connectivity index (χ0n) is 10.1. The van der Waals surface area contributed by atoms with E-state index in [-0.39, 0.29) is 10.0 Å². The zero-order chi connectivity index (χ0) is 15.0. The minimum atomic E-state index is -1.17. The first-order chi connectivity index (χ1) is 9.31. The predicted octanol–water partition coefficient (Wildman–Crippen LogP) is 4.54. The summed E-state index contributed by atoms with van der Waals surface area (Å²) in [5.41, 5.74) is -1.45. The molecule has 0 fully saturated rings. The average Bonchev–Trinajstić information content (AvgIpc) is 2.32. The van der Waals surface area contributed by atoms with Crippen LogP contribution in [0.4, 0.5) is 17.6 Å². The number of rotatable bonds is 2. The van der Waals surface area contributed by atoms with Crippen molar-refractivity contribution < 1.29 is 22.4 Å². The van der Waals surface area contributed by atoms with E-state index < -0.39 is 40.2 Å². The van der Waals surface area contributed by atoms with Crippen molar-refractivity contribution >= 4 is 21.7 Å². The predicted molar refractivity (Wildman–Crippen MR) is 68.6 cm³/mol. The van der Waals surface area contributed by atoms with Crippen LogP contribution in [-0.4, -0.2) is 5.78 Å². The molecule has 0 bridgehead atoms. The van der Waals surface area contributed by atoms with Gasteiger partial charge in [-0.2, -0.15) is 0 Å². The van der Waals surface area contributed by atoms with Gasteiger partial charge in [0.15, 0.2) is 0 Å². The molecule has 1 nitrogen and oxygen atoms in total. The summed E-state index contributed by atoms with van der Waals surface area (Å²) in [6.45, 7) is 1.32. The Labute approximate surface area is 120 Å². The molecule has 0 atom stereocenters. The van der Waals surface area contributed by atoms with E-state index in [1.807, 2.05) is 0 Å². The van der Waals surface area contributed by atoms with Crippen LogP contribution in [-0.2, 0) is 0 Å². The van der Waals surface area contributed by atoms with Crippen molar-refractivity contribution in [1.82, 2.24) is 0 Å². The van der Waals surface area contributed by atoms with E-state index in [0.717, 1.165) is 18.2 Å². The van der Waals surface area contributed by atoms with Crippen LogP contribution in [0.5, 0.6) is 0 Å². The lowest BCUT2D eigenvalue weighted by atomic mass is 10.00. The molecule has 0 aliphatic carbocycles. The standard InChI is InChI=1S/C14H7BrF4O/c1-6-2-8(10(17)5-9(6)16)14(20)13-11(18)3-7(15)4-12(13)19/h2-5H,1H3. The molecule has 0 aliphatic heterocycles. The molecular formula is C14H7BrF4O. The van der Waals surface area contributed by atoms with Crippen LogP contribution in [0.15, 0.2) is 28.7 Å². The summed E-state index contributed by atoms with van der Waals surface area (Å²) in [6, 6.07) is 3.22. The molecule has 0 N–H and O–H groups in total. The van der Waals surface area contributed by atoms with E-state index in [4.69, 9.17) is 0 Å². The molecule has 0 aliphatic rings. The highest BCUT2D eigenvalue weighted by molar-refractivity contribution is 9.10. The quantitative estimate of drug-likeness (QED) is 0.576. The number of benzene rings is 2.